The van der Waals surface area contributed by atoms with Gasteiger partial charge in [-0.15, -0.1) is 0 Å². The lowest BCUT2D eigenvalue weighted by atomic mass is 9.90. The molecule has 124 valence electrons. The molecule has 0 saturated carbocycles. The number of aryl methyl sites for hydroxylation is 2. The van der Waals surface area contributed by atoms with E-state index in [1.54, 1.807) is 12.1 Å². The highest BCUT2D eigenvalue weighted by molar-refractivity contribution is 6.30. The van der Waals surface area contributed by atoms with Gasteiger partial charge in [-0.2, -0.15) is 4.74 Å². The second kappa shape index (κ2) is 5.99. The minimum Gasteiger partial charge on any atom is -0.380 e. The van der Waals surface area contributed by atoms with Gasteiger partial charge < -0.3 is 4.52 Å². The highest BCUT2D eigenvalue weighted by Crippen LogP contribution is 2.30. The van der Waals surface area contributed by atoms with Gasteiger partial charge in [-0.05, 0) is 56.5 Å². The number of rotatable bonds is 3. The van der Waals surface area contributed by atoms with E-state index in [4.69, 9.17) is 16.1 Å². The zero-order valence-corrected chi connectivity index (χ0v) is 15.0. The lowest BCUT2D eigenvalue weighted by Crippen LogP contribution is -2.35. The Morgan fingerprint density at radius 2 is 1.62 bits per heavy atom. The molecule has 0 saturated heterocycles. The Balaban J connectivity index is 2.17. The molecule has 1 aromatic heterocycles. The molecule has 0 amide bonds. The summed E-state index contributed by atoms with van der Waals surface area (Å²) in [4.78, 5) is 13.0. The van der Waals surface area contributed by atoms with Crippen molar-refractivity contribution < 1.29 is 4.52 Å². The molecule has 0 aliphatic carbocycles. The summed E-state index contributed by atoms with van der Waals surface area (Å²) in [6.45, 7) is 7.84. The first-order valence-electron chi connectivity index (χ1n) is 7.88. The van der Waals surface area contributed by atoms with Crippen LogP contribution in [0.1, 0.15) is 30.7 Å². The first-order valence-corrected chi connectivity index (χ1v) is 8.25. The maximum atomic E-state index is 13.0. The maximum absolute atomic E-state index is 13.0. The molecule has 0 aliphatic rings. The van der Waals surface area contributed by atoms with Gasteiger partial charge >= 0.3 is 0 Å². The molecule has 0 fully saturated rings. The van der Waals surface area contributed by atoms with Crippen molar-refractivity contribution in [2.45, 2.75) is 33.2 Å². The Bertz CT molecular complexity index is 933. The molecule has 0 aliphatic heterocycles. The van der Waals surface area contributed by atoms with Crippen LogP contribution in [0.4, 0.5) is 0 Å². The monoisotopic (exact) mass is 341 g/mol. The fourth-order valence-electron chi connectivity index (χ4n) is 3.16. The van der Waals surface area contributed by atoms with Crippen LogP contribution >= 0.6 is 11.6 Å². The molecule has 4 heteroatoms. The van der Waals surface area contributed by atoms with Crippen LogP contribution in [-0.4, -0.2) is 4.74 Å². The van der Waals surface area contributed by atoms with E-state index in [2.05, 4.69) is 0 Å². The van der Waals surface area contributed by atoms with Gasteiger partial charge in [0.2, 0.25) is 0 Å². The molecule has 0 atom stereocenters. The summed E-state index contributed by atoms with van der Waals surface area (Å²) in [7, 11) is 0. The van der Waals surface area contributed by atoms with Crippen LogP contribution in [0.15, 0.2) is 57.8 Å². The van der Waals surface area contributed by atoms with Crippen molar-refractivity contribution in [1.82, 2.24) is 4.74 Å². The van der Waals surface area contributed by atoms with Crippen molar-refractivity contribution in [2.75, 3.05) is 0 Å². The molecule has 0 spiro atoms. The molecule has 0 N–H and O–H groups in total. The quantitative estimate of drug-likeness (QED) is 0.659. The summed E-state index contributed by atoms with van der Waals surface area (Å²) in [6, 6.07) is 15.3. The summed E-state index contributed by atoms with van der Waals surface area (Å²) in [6.07, 6.45) is 0. The summed E-state index contributed by atoms with van der Waals surface area (Å²) in [5.41, 5.74) is 2.85. The van der Waals surface area contributed by atoms with E-state index in [0.29, 0.717) is 16.3 Å². The van der Waals surface area contributed by atoms with Crippen LogP contribution in [0, 0.1) is 13.8 Å². The van der Waals surface area contributed by atoms with E-state index >= 15 is 0 Å². The number of hydrogen-bond donors (Lipinski definition) is 0. The van der Waals surface area contributed by atoms with Crippen LogP contribution in [-0.2, 0) is 5.54 Å². The minimum absolute atomic E-state index is 0.136. The van der Waals surface area contributed by atoms with Gasteiger partial charge in [0.15, 0.2) is 0 Å². The van der Waals surface area contributed by atoms with Crippen LogP contribution in [0.25, 0.3) is 11.1 Å². The predicted octanol–water partition coefficient (Wildman–Crippen LogP) is 5.16. The number of benzene rings is 2. The third kappa shape index (κ3) is 2.69. The molecule has 3 rings (SSSR count). The summed E-state index contributed by atoms with van der Waals surface area (Å²) in [5, 5.41) is 0.639. The van der Waals surface area contributed by atoms with Gasteiger partial charge in [-0.3, -0.25) is 4.79 Å². The smallest absolute Gasteiger partial charge is 0.291 e. The third-order valence-electron chi connectivity index (χ3n) is 4.42. The number of aromatic nitrogens is 1. The molecule has 24 heavy (non-hydrogen) atoms. The summed E-state index contributed by atoms with van der Waals surface area (Å²) in [5.74, 6) is 0.601. The first-order chi connectivity index (χ1) is 11.3. The molecule has 3 nitrogen and oxygen atoms in total. The van der Waals surface area contributed by atoms with Crippen LogP contribution < -0.4 is 5.56 Å². The number of halogens is 1. The predicted molar refractivity (Wildman–Crippen MR) is 97.8 cm³/mol. The van der Waals surface area contributed by atoms with Crippen molar-refractivity contribution in [3.05, 3.63) is 80.8 Å². The lowest BCUT2D eigenvalue weighted by molar-refractivity contribution is 0.165. The van der Waals surface area contributed by atoms with Crippen molar-refractivity contribution >= 4 is 11.6 Å². The average Bonchev–Trinajstić information content (AvgIpc) is 2.84. The Kier molecular flexibility index (Phi) is 4.14. The van der Waals surface area contributed by atoms with Gasteiger partial charge in [0.25, 0.3) is 5.56 Å². The second-order valence-electron chi connectivity index (χ2n) is 6.50. The normalized spacial score (nSPS) is 11.7. The van der Waals surface area contributed by atoms with Crippen molar-refractivity contribution in [2.24, 2.45) is 0 Å². The minimum atomic E-state index is -0.585. The van der Waals surface area contributed by atoms with E-state index in [1.807, 2.05) is 64.1 Å². The molecule has 0 radical (unpaired) electrons. The molecule has 2 aromatic carbocycles. The van der Waals surface area contributed by atoms with Gasteiger partial charge in [-0.25, -0.2) is 0 Å². The SMILES string of the molecule is Cc1ccccc1C(C)(C)n1oc(C)c(-c2ccc(Cl)cc2)c1=O. The van der Waals surface area contributed by atoms with E-state index in [0.717, 1.165) is 16.7 Å². The van der Waals surface area contributed by atoms with Gasteiger partial charge in [0, 0.05) is 5.02 Å². The second-order valence-corrected chi connectivity index (χ2v) is 6.94. The third-order valence-corrected chi connectivity index (χ3v) is 4.68. The Hall–Kier alpha value is -2.26. The Morgan fingerprint density at radius 3 is 2.25 bits per heavy atom. The van der Waals surface area contributed by atoms with Crippen molar-refractivity contribution in [3.8, 4) is 11.1 Å². The van der Waals surface area contributed by atoms with Gasteiger partial charge in [-0.1, -0.05) is 48.0 Å². The van der Waals surface area contributed by atoms with Crippen molar-refractivity contribution in [1.29, 1.82) is 0 Å². The Morgan fingerprint density at radius 1 is 1.00 bits per heavy atom. The van der Waals surface area contributed by atoms with Crippen LogP contribution in [0.2, 0.25) is 5.02 Å². The zero-order valence-electron chi connectivity index (χ0n) is 14.3. The fraction of sp³-hybridized carbons (Fsp3) is 0.250. The van der Waals surface area contributed by atoms with E-state index in [1.165, 1.54) is 4.74 Å². The molecule has 0 bridgehead atoms. The highest BCUT2D eigenvalue weighted by Gasteiger charge is 2.31. The highest BCUT2D eigenvalue weighted by atomic mass is 35.5. The Labute approximate surface area is 146 Å². The van der Waals surface area contributed by atoms with Crippen LogP contribution in [0.5, 0.6) is 0 Å². The van der Waals surface area contributed by atoms with Crippen molar-refractivity contribution in [3.63, 3.8) is 0 Å². The molecular formula is C20H20ClNO2. The van der Waals surface area contributed by atoms with Gasteiger partial charge in [0.05, 0.1) is 5.56 Å². The number of nitrogens with zero attached hydrogens (tertiary/aromatic N) is 1. The van der Waals surface area contributed by atoms with E-state index in [-0.39, 0.29) is 5.56 Å². The summed E-state index contributed by atoms with van der Waals surface area (Å²) < 4.78 is 7.34. The topological polar surface area (TPSA) is 35.1 Å². The molecule has 0 unspecified atom stereocenters. The standard InChI is InChI=1S/C20H20ClNO2/c1-13-7-5-6-8-17(13)20(3,4)22-19(23)18(14(2)24-22)15-9-11-16(21)12-10-15/h5-12H,1-4H3. The lowest BCUT2D eigenvalue weighted by Gasteiger charge is -2.26. The fourth-order valence-corrected chi connectivity index (χ4v) is 3.28. The van der Waals surface area contributed by atoms with Crippen LogP contribution in [0.3, 0.4) is 0 Å². The largest absolute Gasteiger partial charge is 0.380 e. The average molecular weight is 342 g/mol. The maximum Gasteiger partial charge on any atom is 0.291 e. The van der Waals surface area contributed by atoms with Gasteiger partial charge in [0.1, 0.15) is 11.3 Å². The van der Waals surface area contributed by atoms with E-state index < -0.39 is 5.54 Å². The first kappa shape index (κ1) is 16.6. The van der Waals surface area contributed by atoms with E-state index in [9.17, 15) is 4.79 Å². The number of hydrogen-bond acceptors (Lipinski definition) is 2. The molecular weight excluding hydrogens is 322 g/mol. The summed E-state index contributed by atoms with van der Waals surface area (Å²) >= 11 is 5.95. The zero-order chi connectivity index (χ0) is 17.5. The molecule has 1 heterocycles. The molecule has 3 aromatic rings.